The van der Waals surface area contributed by atoms with Gasteiger partial charge in [0.15, 0.2) is 22.8 Å². The maximum absolute atomic E-state index is 13.4. The Kier molecular flexibility index (Phi) is 2.80. The molecule has 5 rings (SSSR count). The molecule has 0 saturated heterocycles. The van der Waals surface area contributed by atoms with Gasteiger partial charge in [-0.2, -0.15) is 0 Å². The van der Waals surface area contributed by atoms with Crippen molar-refractivity contribution in [2.24, 2.45) is 35.0 Å². The normalized spacial score (nSPS) is 57.5. The number of carbonyl (C=O) groups excluding carboxylic acids is 2. The first-order valence-corrected chi connectivity index (χ1v) is 8.82. The molecule has 0 aromatic heterocycles. The highest BCUT2D eigenvalue weighted by Crippen LogP contribution is 2.73. The highest BCUT2D eigenvalue weighted by molar-refractivity contribution is 6.12. The second-order valence-electron chi connectivity index (χ2n) is 8.70. The molecule has 1 spiro atoms. The van der Waals surface area contributed by atoms with Gasteiger partial charge in [0.05, 0.1) is 0 Å². The lowest BCUT2D eigenvalue weighted by atomic mass is 9.35. The predicted octanol–water partition coefficient (Wildman–Crippen LogP) is 1.88. The van der Waals surface area contributed by atoms with Crippen LogP contribution in [0.2, 0.25) is 0 Å². The Balaban J connectivity index is 2.06. The second-order valence-corrected chi connectivity index (χ2v) is 8.70. The average molecular weight is 318 g/mol. The van der Waals surface area contributed by atoms with E-state index >= 15 is 0 Å². The molecule has 4 heteroatoms. The molecule has 5 aliphatic rings. The number of aliphatic hydroxyl groups is 2. The third kappa shape index (κ3) is 1.31. The van der Waals surface area contributed by atoms with E-state index in [-0.39, 0.29) is 29.3 Å². The molecule has 4 nitrogen and oxygen atoms in total. The number of rotatable bonds is 1. The van der Waals surface area contributed by atoms with Gasteiger partial charge in [0.25, 0.3) is 0 Å². The summed E-state index contributed by atoms with van der Waals surface area (Å²) in [7, 11) is 0. The highest BCUT2D eigenvalue weighted by atomic mass is 16.4. The zero-order chi connectivity index (χ0) is 16.9. The van der Waals surface area contributed by atoms with Crippen LogP contribution in [0.15, 0.2) is 12.2 Å². The van der Waals surface area contributed by atoms with Gasteiger partial charge in [0.2, 0.25) is 0 Å². The van der Waals surface area contributed by atoms with E-state index < -0.39 is 28.5 Å². The summed E-state index contributed by atoms with van der Waals surface area (Å²) in [6, 6.07) is 0. The van der Waals surface area contributed by atoms with Gasteiger partial charge in [-0.25, -0.2) is 0 Å². The Morgan fingerprint density at radius 1 is 1.17 bits per heavy atom. The minimum absolute atomic E-state index is 0.0619. The van der Waals surface area contributed by atoms with Crippen LogP contribution in [0, 0.1) is 35.0 Å². The van der Waals surface area contributed by atoms with E-state index in [9.17, 15) is 19.8 Å². The zero-order valence-corrected chi connectivity index (χ0v) is 14.1. The molecule has 5 saturated carbocycles. The Labute approximate surface area is 137 Å². The third-order valence-electron chi connectivity index (χ3n) is 7.79. The van der Waals surface area contributed by atoms with Crippen molar-refractivity contribution in [3.05, 3.63) is 12.2 Å². The van der Waals surface area contributed by atoms with E-state index in [0.29, 0.717) is 5.57 Å². The van der Waals surface area contributed by atoms with E-state index in [4.69, 9.17) is 0 Å². The lowest BCUT2D eigenvalue weighted by Crippen LogP contribution is -2.84. The highest BCUT2D eigenvalue weighted by Gasteiger charge is 2.84. The molecule has 8 atom stereocenters. The van der Waals surface area contributed by atoms with E-state index in [0.717, 1.165) is 25.7 Å². The van der Waals surface area contributed by atoms with Gasteiger partial charge in [0.1, 0.15) is 0 Å². The summed E-state index contributed by atoms with van der Waals surface area (Å²) in [5.41, 5.74) is -4.12. The van der Waals surface area contributed by atoms with E-state index in [1.807, 2.05) is 13.8 Å². The summed E-state index contributed by atoms with van der Waals surface area (Å²) in [4.78, 5) is 26.7. The van der Waals surface area contributed by atoms with E-state index in [2.05, 4.69) is 6.58 Å². The van der Waals surface area contributed by atoms with Gasteiger partial charge in [0, 0.05) is 17.3 Å². The molecule has 0 aromatic carbocycles. The van der Waals surface area contributed by atoms with Crippen LogP contribution in [0.25, 0.3) is 0 Å². The monoisotopic (exact) mass is 318 g/mol. The maximum atomic E-state index is 13.4. The van der Waals surface area contributed by atoms with Crippen LogP contribution in [0.4, 0.5) is 0 Å². The lowest BCUT2D eigenvalue weighted by Gasteiger charge is -2.68. The molecular formula is C19H26O4. The number of ketones is 2. The number of carbonyl (C=O) groups is 2. The SMILES string of the molecule is C=C(C)[C@H]1[C@@H]2CC[C@H]3CC[C@H](C)[C@H]4C(=O)[C@@]1(O)[C@@](C)(O)C(=O)[C@@]342. The fourth-order valence-electron chi connectivity index (χ4n) is 7.06. The van der Waals surface area contributed by atoms with Gasteiger partial charge in [-0.15, -0.1) is 0 Å². The number of hydrogen-bond acceptors (Lipinski definition) is 4. The van der Waals surface area contributed by atoms with Crippen molar-refractivity contribution >= 4 is 11.6 Å². The van der Waals surface area contributed by atoms with Crippen molar-refractivity contribution in [1.82, 2.24) is 0 Å². The summed E-state index contributed by atoms with van der Waals surface area (Å²) in [6.07, 6.45) is 3.59. The van der Waals surface area contributed by atoms with Crippen LogP contribution in [-0.4, -0.2) is 33.0 Å². The Bertz CT molecular complexity index is 635. The first kappa shape index (κ1) is 15.5. The molecule has 0 heterocycles. The van der Waals surface area contributed by atoms with Crippen LogP contribution in [-0.2, 0) is 9.59 Å². The molecule has 0 unspecified atom stereocenters. The number of fused-ring (bicyclic) bond motifs is 1. The molecule has 5 fully saturated rings. The van der Waals surface area contributed by atoms with Crippen molar-refractivity contribution in [1.29, 1.82) is 0 Å². The first-order chi connectivity index (χ1) is 10.6. The molecule has 126 valence electrons. The topological polar surface area (TPSA) is 74.6 Å². The maximum Gasteiger partial charge on any atom is 0.174 e. The fourth-order valence-corrected chi connectivity index (χ4v) is 7.06. The average Bonchev–Trinajstić information content (AvgIpc) is 2.83. The second kappa shape index (κ2) is 4.15. The van der Waals surface area contributed by atoms with Crippen molar-refractivity contribution < 1.29 is 19.8 Å². The first-order valence-electron chi connectivity index (χ1n) is 8.82. The molecule has 5 aliphatic carbocycles. The predicted molar refractivity (Wildman–Crippen MR) is 84.4 cm³/mol. The lowest BCUT2D eigenvalue weighted by molar-refractivity contribution is -0.255. The molecule has 23 heavy (non-hydrogen) atoms. The Morgan fingerprint density at radius 3 is 2.39 bits per heavy atom. The zero-order valence-electron chi connectivity index (χ0n) is 14.1. The molecule has 0 radical (unpaired) electrons. The summed E-state index contributed by atoms with van der Waals surface area (Å²) >= 11 is 0. The van der Waals surface area contributed by atoms with Crippen molar-refractivity contribution in [3.8, 4) is 0 Å². The molecule has 2 N–H and O–H groups in total. The fraction of sp³-hybridized carbons (Fsp3) is 0.789. The Morgan fingerprint density at radius 2 is 1.78 bits per heavy atom. The van der Waals surface area contributed by atoms with Crippen LogP contribution in [0.3, 0.4) is 0 Å². The van der Waals surface area contributed by atoms with Crippen LogP contribution in [0.1, 0.15) is 46.5 Å². The van der Waals surface area contributed by atoms with Gasteiger partial charge in [-0.3, -0.25) is 9.59 Å². The molecule has 2 bridgehead atoms. The van der Waals surface area contributed by atoms with Gasteiger partial charge >= 0.3 is 0 Å². The van der Waals surface area contributed by atoms with Gasteiger partial charge in [-0.1, -0.05) is 19.1 Å². The summed E-state index contributed by atoms with van der Waals surface area (Å²) in [6.45, 7) is 9.18. The molecule has 0 amide bonds. The third-order valence-corrected chi connectivity index (χ3v) is 7.79. The smallest absolute Gasteiger partial charge is 0.174 e. The van der Waals surface area contributed by atoms with Crippen LogP contribution in [0.5, 0.6) is 0 Å². The minimum Gasteiger partial charge on any atom is -0.379 e. The quantitative estimate of drug-likeness (QED) is 0.724. The standard InChI is InChI=1S/C19H26O4/c1-9(2)13-12-8-7-11-6-5-10(3)14-15(20)19(13,23)17(4,22)16(21)18(11,12)14/h10-14,22-23H,1,5-8H2,2-4H3/t10-,11+,12-,13-,14-,17-,18+,19+/m0/s1. The van der Waals surface area contributed by atoms with Crippen molar-refractivity contribution in [3.63, 3.8) is 0 Å². The van der Waals surface area contributed by atoms with Crippen LogP contribution >= 0.6 is 0 Å². The summed E-state index contributed by atoms with van der Waals surface area (Å²) < 4.78 is 0. The van der Waals surface area contributed by atoms with Gasteiger partial charge in [-0.05, 0) is 57.3 Å². The van der Waals surface area contributed by atoms with E-state index in [1.54, 1.807) is 0 Å². The number of hydrogen-bond donors (Lipinski definition) is 2. The summed E-state index contributed by atoms with van der Waals surface area (Å²) in [5.74, 6) is -1.39. The van der Waals surface area contributed by atoms with Gasteiger partial charge < -0.3 is 10.2 Å². The number of Topliss-reactive ketones (excluding diaryl/α,β-unsaturated/α-hetero) is 2. The summed E-state index contributed by atoms with van der Waals surface area (Å²) in [5, 5.41) is 22.4. The van der Waals surface area contributed by atoms with E-state index in [1.165, 1.54) is 6.92 Å². The minimum atomic E-state index is -2.02. The Hall–Kier alpha value is -1.00. The van der Waals surface area contributed by atoms with Crippen molar-refractivity contribution in [2.75, 3.05) is 0 Å². The van der Waals surface area contributed by atoms with Crippen LogP contribution < -0.4 is 0 Å². The molecule has 0 aliphatic heterocycles. The molecular weight excluding hydrogens is 292 g/mol. The van der Waals surface area contributed by atoms with Crippen molar-refractivity contribution in [2.45, 2.75) is 57.7 Å². The molecule has 0 aromatic rings. The largest absolute Gasteiger partial charge is 0.379 e.